The number of nitrogens with zero attached hydrogens (tertiary/aromatic N) is 3. The smallest absolute Gasteiger partial charge is 0.255 e. The summed E-state index contributed by atoms with van der Waals surface area (Å²) in [5.41, 5.74) is 1.63. The summed E-state index contributed by atoms with van der Waals surface area (Å²) in [6.07, 6.45) is 6.26. The first-order valence-corrected chi connectivity index (χ1v) is 13.6. The minimum Gasteiger partial charge on any atom is -0.355 e. The van der Waals surface area contributed by atoms with Gasteiger partial charge in [-0.15, -0.1) is 11.8 Å². The number of hydrogen-bond acceptors (Lipinski definition) is 5. The predicted octanol–water partition coefficient (Wildman–Crippen LogP) is 4.50. The number of thioether (sulfide) groups is 1. The van der Waals surface area contributed by atoms with Gasteiger partial charge in [0.2, 0.25) is 5.91 Å². The summed E-state index contributed by atoms with van der Waals surface area (Å²) >= 11 is 1.43. The highest BCUT2D eigenvalue weighted by Crippen LogP contribution is 2.26. The highest BCUT2D eigenvalue weighted by Gasteiger charge is 2.28. The Morgan fingerprint density at radius 2 is 1.66 bits per heavy atom. The molecule has 0 radical (unpaired) electrons. The average Bonchev–Trinajstić information content (AvgIpc) is 2.92. The number of carbonyl (C=O) groups is 2. The number of amides is 2. The summed E-state index contributed by atoms with van der Waals surface area (Å²) < 4.78 is 0. The molecular weight excluding hydrogens is 456 g/mol. The van der Waals surface area contributed by atoms with Crippen molar-refractivity contribution in [1.29, 1.82) is 5.26 Å². The van der Waals surface area contributed by atoms with Gasteiger partial charge in [0.1, 0.15) is 6.04 Å². The molecule has 1 aliphatic carbocycles. The molecule has 6 nitrogen and oxygen atoms in total. The third kappa shape index (κ3) is 6.87. The van der Waals surface area contributed by atoms with E-state index in [1.807, 2.05) is 59.5 Å². The highest BCUT2D eigenvalue weighted by molar-refractivity contribution is 8.00. The minimum absolute atomic E-state index is 0.0106. The maximum atomic E-state index is 13.3. The molecule has 184 valence electrons. The third-order valence-electron chi connectivity index (χ3n) is 6.99. The first-order valence-electron chi connectivity index (χ1n) is 12.6. The van der Waals surface area contributed by atoms with Crippen molar-refractivity contribution in [2.24, 2.45) is 5.92 Å². The number of nitriles is 1. The zero-order chi connectivity index (χ0) is 24.5. The van der Waals surface area contributed by atoms with Crippen molar-refractivity contribution < 1.29 is 9.59 Å². The zero-order valence-corrected chi connectivity index (χ0v) is 21.0. The van der Waals surface area contributed by atoms with Crippen LogP contribution in [0.2, 0.25) is 0 Å². The van der Waals surface area contributed by atoms with Crippen LogP contribution in [-0.4, -0.2) is 60.1 Å². The third-order valence-corrected chi connectivity index (χ3v) is 8.07. The molecule has 0 spiro atoms. The van der Waals surface area contributed by atoms with E-state index < -0.39 is 0 Å². The van der Waals surface area contributed by atoms with E-state index >= 15 is 0 Å². The molecule has 2 amide bonds. The molecule has 1 N–H and O–H groups in total. The van der Waals surface area contributed by atoms with Gasteiger partial charge in [0.05, 0.1) is 17.4 Å². The van der Waals surface area contributed by atoms with Crippen molar-refractivity contribution in [3.8, 4) is 6.07 Å². The Kier molecular flexibility index (Phi) is 9.21. The van der Waals surface area contributed by atoms with Crippen LogP contribution in [0.1, 0.15) is 54.1 Å². The lowest BCUT2D eigenvalue weighted by atomic mass is 9.89. The lowest BCUT2D eigenvalue weighted by Crippen LogP contribution is -2.49. The van der Waals surface area contributed by atoms with Crippen molar-refractivity contribution in [2.75, 3.05) is 38.5 Å². The molecule has 7 heteroatoms. The van der Waals surface area contributed by atoms with Crippen molar-refractivity contribution >= 4 is 23.6 Å². The van der Waals surface area contributed by atoms with Crippen molar-refractivity contribution in [3.05, 3.63) is 65.7 Å². The SMILES string of the molecule is N#CC(c1ccccc1)N1CCN(C(=O)c2ccccc2SCC(=O)NCC2CCCCC2)CC1. The van der Waals surface area contributed by atoms with E-state index in [-0.39, 0.29) is 17.9 Å². The van der Waals surface area contributed by atoms with Crippen LogP contribution in [0.15, 0.2) is 59.5 Å². The number of hydrogen-bond donors (Lipinski definition) is 1. The van der Waals surface area contributed by atoms with E-state index in [0.717, 1.165) is 17.0 Å². The molecule has 1 saturated carbocycles. The number of nitrogens with one attached hydrogen (secondary N) is 1. The first kappa shape index (κ1) is 25.3. The molecule has 1 unspecified atom stereocenters. The average molecular weight is 491 g/mol. The predicted molar refractivity (Wildman–Crippen MR) is 139 cm³/mol. The van der Waals surface area contributed by atoms with Crippen LogP contribution in [0.3, 0.4) is 0 Å². The van der Waals surface area contributed by atoms with E-state index in [0.29, 0.717) is 43.4 Å². The molecular formula is C28H34N4O2S. The molecule has 0 bridgehead atoms. The fourth-order valence-electron chi connectivity index (χ4n) is 4.97. The largest absolute Gasteiger partial charge is 0.355 e. The van der Waals surface area contributed by atoms with Gasteiger partial charge in [-0.2, -0.15) is 5.26 Å². The van der Waals surface area contributed by atoms with Crippen LogP contribution in [0, 0.1) is 17.2 Å². The summed E-state index contributed by atoms with van der Waals surface area (Å²) in [5, 5.41) is 12.8. The first-order chi connectivity index (χ1) is 17.2. The lowest BCUT2D eigenvalue weighted by molar-refractivity contribution is -0.118. The van der Waals surface area contributed by atoms with Crippen LogP contribution in [-0.2, 0) is 4.79 Å². The fourth-order valence-corrected chi connectivity index (χ4v) is 5.84. The molecule has 2 aromatic carbocycles. The van der Waals surface area contributed by atoms with Gasteiger partial charge in [0, 0.05) is 37.6 Å². The van der Waals surface area contributed by atoms with Crippen LogP contribution in [0.4, 0.5) is 0 Å². The van der Waals surface area contributed by atoms with E-state index in [4.69, 9.17) is 0 Å². The molecule has 1 saturated heterocycles. The van der Waals surface area contributed by atoms with Crippen LogP contribution < -0.4 is 5.32 Å². The maximum Gasteiger partial charge on any atom is 0.255 e. The summed E-state index contributed by atoms with van der Waals surface area (Å²) in [7, 11) is 0. The van der Waals surface area contributed by atoms with Crippen molar-refractivity contribution in [1.82, 2.24) is 15.1 Å². The Bertz CT molecular complexity index is 1020. The lowest BCUT2D eigenvalue weighted by Gasteiger charge is -2.37. The minimum atomic E-state index is -0.302. The maximum absolute atomic E-state index is 13.3. The molecule has 2 aliphatic rings. The monoisotopic (exact) mass is 490 g/mol. The Hall–Kier alpha value is -2.82. The zero-order valence-electron chi connectivity index (χ0n) is 20.2. The molecule has 2 aromatic rings. The molecule has 35 heavy (non-hydrogen) atoms. The van der Waals surface area contributed by atoms with Gasteiger partial charge in [0.15, 0.2) is 0 Å². The van der Waals surface area contributed by atoms with Gasteiger partial charge in [0.25, 0.3) is 5.91 Å². The number of piperazine rings is 1. The second kappa shape index (κ2) is 12.8. The molecule has 1 aliphatic heterocycles. The van der Waals surface area contributed by atoms with Crippen molar-refractivity contribution in [2.45, 2.75) is 43.0 Å². The highest BCUT2D eigenvalue weighted by atomic mass is 32.2. The fraction of sp³-hybridized carbons (Fsp3) is 0.464. The summed E-state index contributed by atoms with van der Waals surface area (Å²) in [6.45, 7) is 3.21. The van der Waals surface area contributed by atoms with Crippen LogP contribution >= 0.6 is 11.8 Å². The number of benzene rings is 2. The number of carbonyl (C=O) groups excluding carboxylic acids is 2. The quantitative estimate of drug-likeness (QED) is 0.552. The standard InChI is InChI=1S/C28H34N4O2S/c29-19-25(23-11-5-2-6-12-23)31-15-17-32(18-16-31)28(34)24-13-7-8-14-26(24)35-21-27(33)30-20-22-9-3-1-4-10-22/h2,5-8,11-14,22,25H,1,3-4,9-10,15-18,20-21H2,(H,30,33). The van der Waals surface area contributed by atoms with E-state index in [1.165, 1.54) is 43.9 Å². The Balaban J connectivity index is 1.30. The molecule has 2 fully saturated rings. The van der Waals surface area contributed by atoms with E-state index in [9.17, 15) is 14.9 Å². The van der Waals surface area contributed by atoms with Gasteiger partial charge in [-0.25, -0.2) is 0 Å². The second-order valence-electron chi connectivity index (χ2n) is 9.36. The van der Waals surface area contributed by atoms with E-state index in [2.05, 4.69) is 16.3 Å². The molecule has 0 aromatic heterocycles. The van der Waals surface area contributed by atoms with Gasteiger partial charge in [-0.3, -0.25) is 14.5 Å². The topological polar surface area (TPSA) is 76.4 Å². The Morgan fingerprint density at radius 1 is 0.971 bits per heavy atom. The van der Waals surface area contributed by atoms with Gasteiger partial charge < -0.3 is 10.2 Å². The van der Waals surface area contributed by atoms with Crippen LogP contribution in [0.5, 0.6) is 0 Å². The molecule has 1 heterocycles. The van der Waals surface area contributed by atoms with Gasteiger partial charge >= 0.3 is 0 Å². The number of rotatable bonds is 8. The Morgan fingerprint density at radius 3 is 2.37 bits per heavy atom. The Labute approximate surface area is 212 Å². The normalized spacial score (nSPS) is 18.0. The van der Waals surface area contributed by atoms with Gasteiger partial charge in [-0.1, -0.05) is 61.7 Å². The van der Waals surface area contributed by atoms with Crippen molar-refractivity contribution in [3.63, 3.8) is 0 Å². The van der Waals surface area contributed by atoms with Crippen LogP contribution in [0.25, 0.3) is 0 Å². The summed E-state index contributed by atoms with van der Waals surface area (Å²) in [4.78, 5) is 30.6. The molecule has 1 atom stereocenters. The molecule has 4 rings (SSSR count). The van der Waals surface area contributed by atoms with Gasteiger partial charge in [-0.05, 0) is 36.5 Å². The second-order valence-corrected chi connectivity index (χ2v) is 10.4. The summed E-state index contributed by atoms with van der Waals surface area (Å²) in [5.74, 6) is 0.933. The van der Waals surface area contributed by atoms with E-state index in [1.54, 1.807) is 0 Å². The summed E-state index contributed by atoms with van der Waals surface area (Å²) in [6, 6.07) is 19.5.